The summed E-state index contributed by atoms with van der Waals surface area (Å²) in [5.41, 5.74) is 0.652. The van der Waals surface area contributed by atoms with Crippen LogP contribution in [0.2, 0.25) is 5.02 Å². The molecule has 2 aromatic rings. The van der Waals surface area contributed by atoms with Crippen LogP contribution in [0.1, 0.15) is 24.5 Å². The summed E-state index contributed by atoms with van der Waals surface area (Å²) in [5.74, 6) is 0.435. The van der Waals surface area contributed by atoms with E-state index in [2.05, 4.69) is 9.82 Å². The average molecular weight is 354 g/mol. The zero-order valence-electron chi connectivity index (χ0n) is 12.3. The van der Waals surface area contributed by atoms with Gasteiger partial charge in [0, 0.05) is 23.6 Å². The molecule has 3 rings (SSSR count). The van der Waals surface area contributed by atoms with Crippen molar-refractivity contribution in [3.8, 4) is 0 Å². The molecular weight excluding hydrogens is 338 g/mol. The number of hydrogen-bond donors (Lipinski definition) is 1. The third kappa shape index (κ3) is 3.99. The molecule has 0 atom stereocenters. The highest BCUT2D eigenvalue weighted by molar-refractivity contribution is 7.89. The highest BCUT2D eigenvalue weighted by Crippen LogP contribution is 2.38. The van der Waals surface area contributed by atoms with Crippen molar-refractivity contribution < 1.29 is 8.42 Å². The van der Waals surface area contributed by atoms with Crippen molar-refractivity contribution in [2.75, 3.05) is 6.54 Å². The fourth-order valence-corrected chi connectivity index (χ4v) is 3.55. The van der Waals surface area contributed by atoms with Crippen LogP contribution in [-0.4, -0.2) is 24.7 Å². The lowest BCUT2D eigenvalue weighted by Crippen LogP contribution is -2.32. The van der Waals surface area contributed by atoms with Gasteiger partial charge in [0.25, 0.3) is 5.56 Å². The Kier molecular flexibility index (Phi) is 4.52. The van der Waals surface area contributed by atoms with Crippen LogP contribution in [0.3, 0.4) is 0 Å². The van der Waals surface area contributed by atoms with E-state index in [4.69, 9.17) is 11.6 Å². The van der Waals surface area contributed by atoms with Gasteiger partial charge in [0.2, 0.25) is 10.0 Å². The number of nitrogens with one attached hydrogen (secondary N) is 1. The van der Waals surface area contributed by atoms with Gasteiger partial charge in [-0.2, -0.15) is 5.10 Å². The first kappa shape index (κ1) is 16.2. The molecule has 0 amide bonds. The lowest BCUT2D eigenvalue weighted by molar-refractivity contribution is 0.541. The summed E-state index contributed by atoms with van der Waals surface area (Å²) >= 11 is 5.81. The molecule has 0 bridgehead atoms. The highest BCUT2D eigenvalue weighted by Gasteiger charge is 2.25. The molecule has 1 saturated carbocycles. The number of nitrogens with zero attached hydrogens (tertiary/aromatic N) is 2. The Morgan fingerprint density at radius 2 is 2.04 bits per heavy atom. The average Bonchev–Trinajstić information content (AvgIpc) is 3.34. The van der Waals surface area contributed by atoms with Crippen molar-refractivity contribution >= 4 is 21.6 Å². The van der Waals surface area contributed by atoms with Crippen LogP contribution >= 0.6 is 11.6 Å². The number of rotatable bonds is 6. The summed E-state index contributed by atoms with van der Waals surface area (Å²) in [7, 11) is -3.66. The van der Waals surface area contributed by atoms with Gasteiger partial charge in [-0.25, -0.2) is 17.8 Å². The fourth-order valence-electron chi connectivity index (χ4n) is 2.23. The Hall–Kier alpha value is -1.70. The quantitative estimate of drug-likeness (QED) is 0.857. The minimum atomic E-state index is -3.66. The molecule has 8 heteroatoms. The van der Waals surface area contributed by atoms with Gasteiger partial charge in [-0.1, -0.05) is 17.7 Å². The van der Waals surface area contributed by atoms with E-state index < -0.39 is 10.0 Å². The van der Waals surface area contributed by atoms with E-state index in [9.17, 15) is 13.2 Å². The van der Waals surface area contributed by atoms with Crippen LogP contribution in [-0.2, 0) is 16.6 Å². The largest absolute Gasteiger partial charge is 0.268 e. The Labute approximate surface area is 139 Å². The summed E-state index contributed by atoms with van der Waals surface area (Å²) in [4.78, 5) is 11.9. The summed E-state index contributed by atoms with van der Waals surface area (Å²) < 4.78 is 28.1. The Morgan fingerprint density at radius 1 is 1.26 bits per heavy atom. The molecule has 1 aromatic carbocycles. The molecule has 1 fully saturated rings. The minimum Gasteiger partial charge on any atom is -0.268 e. The highest BCUT2D eigenvalue weighted by atomic mass is 35.5. The maximum absolute atomic E-state index is 12.2. The molecule has 1 aliphatic rings. The fraction of sp³-hybridized carbons (Fsp3) is 0.333. The van der Waals surface area contributed by atoms with Crippen LogP contribution in [0.5, 0.6) is 0 Å². The summed E-state index contributed by atoms with van der Waals surface area (Å²) in [5, 5.41) is 4.64. The Bertz CT molecular complexity index is 876. The number of hydrogen-bond acceptors (Lipinski definition) is 4. The first-order valence-corrected chi connectivity index (χ1v) is 9.15. The van der Waals surface area contributed by atoms with E-state index >= 15 is 0 Å². The van der Waals surface area contributed by atoms with Gasteiger partial charge in [-0.15, -0.1) is 0 Å². The summed E-state index contributed by atoms with van der Waals surface area (Å²) in [6, 6.07) is 9.24. The van der Waals surface area contributed by atoms with Crippen molar-refractivity contribution in [3.05, 3.63) is 57.5 Å². The predicted octanol–water partition coefficient (Wildman–Crippen LogP) is 1.75. The second-order valence-corrected chi connectivity index (χ2v) is 7.65. The van der Waals surface area contributed by atoms with E-state index in [1.54, 1.807) is 18.2 Å². The minimum absolute atomic E-state index is 0.0792. The molecule has 0 unspecified atom stereocenters. The van der Waals surface area contributed by atoms with E-state index in [-0.39, 0.29) is 23.5 Å². The molecule has 0 saturated heterocycles. The van der Waals surface area contributed by atoms with Crippen molar-refractivity contribution in [2.45, 2.75) is 30.2 Å². The molecule has 23 heavy (non-hydrogen) atoms. The number of benzene rings is 1. The van der Waals surface area contributed by atoms with Crippen molar-refractivity contribution in [3.63, 3.8) is 0 Å². The maximum atomic E-state index is 12.2. The number of halogens is 1. The Morgan fingerprint density at radius 3 is 2.74 bits per heavy atom. The van der Waals surface area contributed by atoms with Crippen molar-refractivity contribution in [1.29, 1.82) is 0 Å². The first-order valence-electron chi connectivity index (χ1n) is 7.29. The normalized spacial score (nSPS) is 14.8. The van der Waals surface area contributed by atoms with Gasteiger partial charge in [-0.05, 0) is 37.1 Å². The molecular formula is C15H16ClN3O3S. The maximum Gasteiger partial charge on any atom is 0.266 e. The van der Waals surface area contributed by atoms with Crippen LogP contribution in [0.15, 0.2) is 46.1 Å². The molecule has 0 aliphatic heterocycles. The number of aromatic nitrogens is 2. The second-order valence-electron chi connectivity index (χ2n) is 5.45. The SMILES string of the molecule is O=c1ccc(C2CC2)nn1CCNS(=O)(=O)c1cccc(Cl)c1. The summed E-state index contributed by atoms with van der Waals surface area (Å²) in [6.07, 6.45) is 2.18. The topological polar surface area (TPSA) is 81.1 Å². The van der Waals surface area contributed by atoms with Gasteiger partial charge < -0.3 is 0 Å². The lowest BCUT2D eigenvalue weighted by Gasteiger charge is -2.09. The molecule has 1 aliphatic carbocycles. The monoisotopic (exact) mass is 353 g/mol. The Balaban J connectivity index is 1.67. The van der Waals surface area contributed by atoms with Crippen LogP contribution in [0.4, 0.5) is 0 Å². The second kappa shape index (κ2) is 6.43. The van der Waals surface area contributed by atoms with Gasteiger partial charge in [0.1, 0.15) is 0 Å². The lowest BCUT2D eigenvalue weighted by atomic mass is 10.3. The molecule has 6 nitrogen and oxygen atoms in total. The summed E-state index contributed by atoms with van der Waals surface area (Å²) in [6.45, 7) is 0.259. The third-order valence-electron chi connectivity index (χ3n) is 3.60. The standard InChI is InChI=1S/C15H16ClN3O3S/c16-12-2-1-3-13(10-12)23(21,22)17-8-9-19-15(20)7-6-14(18-19)11-4-5-11/h1-3,6-7,10-11,17H,4-5,8-9H2. The van der Waals surface area contributed by atoms with Gasteiger partial charge in [0.15, 0.2) is 0 Å². The van der Waals surface area contributed by atoms with Crippen LogP contribution in [0.25, 0.3) is 0 Å². The zero-order chi connectivity index (χ0) is 16.4. The number of sulfonamides is 1. The van der Waals surface area contributed by atoms with Gasteiger partial charge >= 0.3 is 0 Å². The zero-order valence-corrected chi connectivity index (χ0v) is 13.8. The molecule has 0 spiro atoms. The first-order chi connectivity index (χ1) is 11.0. The van der Waals surface area contributed by atoms with Crippen LogP contribution < -0.4 is 10.3 Å². The predicted molar refractivity (Wildman–Crippen MR) is 87.1 cm³/mol. The van der Waals surface area contributed by atoms with Crippen molar-refractivity contribution in [2.24, 2.45) is 0 Å². The van der Waals surface area contributed by atoms with Crippen LogP contribution in [0, 0.1) is 0 Å². The van der Waals surface area contributed by atoms with E-state index in [0.717, 1.165) is 18.5 Å². The molecule has 122 valence electrons. The molecule has 1 heterocycles. The third-order valence-corrected chi connectivity index (χ3v) is 5.30. The van der Waals surface area contributed by atoms with E-state index in [1.807, 2.05) is 0 Å². The molecule has 1 N–H and O–H groups in total. The van der Waals surface area contributed by atoms with E-state index in [1.165, 1.54) is 22.9 Å². The molecule has 0 radical (unpaired) electrons. The smallest absolute Gasteiger partial charge is 0.266 e. The van der Waals surface area contributed by atoms with Gasteiger partial charge in [0.05, 0.1) is 17.1 Å². The van der Waals surface area contributed by atoms with Gasteiger partial charge in [-0.3, -0.25) is 4.79 Å². The molecule has 1 aromatic heterocycles. The van der Waals surface area contributed by atoms with Crippen molar-refractivity contribution in [1.82, 2.24) is 14.5 Å². The van der Waals surface area contributed by atoms with E-state index in [0.29, 0.717) is 10.9 Å².